The number of fused-ring (bicyclic) bond motifs is 5. The summed E-state index contributed by atoms with van der Waals surface area (Å²) in [6, 6.07) is 4.20. The van der Waals surface area contributed by atoms with Crippen molar-refractivity contribution >= 4 is 5.57 Å². The number of halogens is 1. The Kier molecular flexibility index (Phi) is 4.06. The fraction of sp³-hybridized carbons (Fsp3) is 0.708. The minimum Gasteiger partial charge on any atom is -0.393 e. The molecular weight excluding hydrogens is 337 g/mol. The summed E-state index contributed by atoms with van der Waals surface area (Å²) in [5.74, 6) is 1.69. The van der Waals surface area contributed by atoms with Gasteiger partial charge in [-0.25, -0.2) is 4.39 Å². The number of aromatic nitrogens is 1. The van der Waals surface area contributed by atoms with Gasteiger partial charge in [0.25, 0.3) is 0 Å². The van der Waals surface area contributed by atoms with Gasteiger partial charge in [-0.15, -0.1) is 0 Å². The van der Waals surface area contributed by atoms with Crippen molar-refractivity contribution in [2.75, 3.05) is 0 Å². The molecule has 5 rings (SSSR count). The number of pyridine rings is 1. The maximum atomic E-state index is 15.4. The summed E-state index contributed by atoms with van der Waals surface area (Å²) >= 11 is 0. The van der Waals surface area contributed by atoms with Crippen molar-refractivity contribution in [1.29, 1.82) is 0 Å². The Labute approximate surface area is 162 Å². The van der Waals surface area contributed by atoms with Gasteiger partial charge in [-0.3, -0.25) is 4.98 Å². The molecule has 8 unspecified atom stereocenters. The first-order valence-corrected chi connectivity index (χ1v) is 10.9. The largest absolute Gasteiger partial charge is 0.393 e. The minimum atomic E-state index is -0.754. The van der Waals surface area contributed by atoms with Crippen LogP contribution in [-0.4, -0.2) is 22.4 Å². The van der Waals surface area contributed by atoms with E-state index in [9.17, 15) is 5.11 Å². The Morgan fingerprint density at radius 3 is 2.74 bits per heavy atom. The predicted molar refractivity (Wildman–Crippen MR) is 106 cm³/mol. The first-order valence-electron chi connectivity index (χ1n) is 10.9. The SMILES string of the molecule is CC12CCC3C(CC(F)C4CC(O)CCC43C)C1CC=C2c1cccnc1. The number of nitrogens with zero attached hydrogens (tertiary/aromatic N) is 1. The van der Waals surface area contributed by atoms with Gasteiger partial charge in [0, 0.05) is 12.4 Å². The molecule has 0 aliphatic heterocycles. The average molecular weight is 370 g/mol. The molecular formula is C24H32FNO. The van der Waals surface area contributed by atoms with Crippen LogP contribution in [0.3, 0.4) is 0 Å². The smallest absolute Gasteiger partial charge is 0.104 e. The lowest BCUT2D eigenvalue weighted by atomic mass is 9.44. The third-order valence-electron chi connectivity index (χ3n) is 9.16. The van der Waals surface area contributed by atoms with E-state index < -0.39 is 6.17 Å². The van der Waals surface area contributed by atoms with Crippen LogP contribution in [0.4, 0.5) is 4.39 Å². The number of rotatable bonds is 1. The van der Waals surface area contributed by atoms with Crippen LogP contribution in [0.25, 0.3) is 5.57 Å². The molecule has 0 saturated heterocycles. The van der Waals surface area contributed by atoms with Crippen LogP contribution in [0.2, 0.25) is 0 Å². The van der Waals surface area contributed by atoms with Gasteiger partial charge in [-0.05, 0) is 96.7 Å². The highest BCUT2D eigenvalue weighted by molar-refractivity contribution is 5.72. The number of hydrogen-bond acceptors (Lipinski definition) is 2. The highest BCUT2D eigenvalue weighted by atomic mass is 19.1. The molecule has 3 fully saturated rings. The zero-order valence-electron chi connectivity index (χ0n) is 16.6. The summed E-state index contributed by atoms with van der Waals surface area (Å²) in [6.07, 6.45) is 11.9. The summed E-state index contributed by atoms with van der Waals surface area (Å²) in [6.45, 7) is 4.77. The van der Waals surface area contributed by atoms with E-state index in [1.807, 2.05) is 18.5 Å². The van der Waals surface area contributed by atoms with E-state index in [1.165, 1.54) is 24.0 Å². The maximum absolute atomic E-state index is 15.4. The van der Waals surface area contributed by atoms with Crippen LogP contribution in [0.5, 0.6) is 0 Å². The molecule has 0 aromatic carbocycles. The summed E-state index contributed by atoms with van der Waals surface area (Å²) < 4.78 is 15.4. The number of alkyl halides is 1. The number of aliphatic hydroxyl groups excluding tert-OH is 1. The van der Waals surface area contributed by atoms with E-state index in [4.69, 9.17) is 0 Å². The molecule has 4 aliphatic rings. The molecule has 1 N–H and O–H groups in total. The minimum absolute atomic E-state index is 0.0546. The Balaban J connectivity index is 1.47. The molecule has 146 valence electrons. The van der Waals surface area contributed by atoms with Gasteiger partial charge < -0.3 is 5.11 Å². The molecule has 8 atom stereocenters. The molecule has 27 heavy (non-hydrogen) atoms. The van der Waals surface area contributed by atoms with Crippen molar-refractivity contribution in [3.05, 3.63) is 36.2 Å². The van der Waals surface area contributed by atoms with Crippen molar-refractivity contribution in [3.8, 4) is 0 Å². The second-order valence-electron chi connectivity index (χ2n) is 10.2. The van der Waals surface area contributed by atoms with E-state index >= 15 is 4.39 Å². The van der Waals surface area contributed by atoms with E-state index in [1.54, 1.807) is 0 Å². The van der Waals surface area contributed by atoms with E-state index in [-0.39, 0.29) is 22.9 Å². The van der Waals surface area contributed by atoms with Crippen molar-refractivity contribution < 1.29 is 9.50 Å². The van der Waals surface area contributed by atoms with Crippen molar-refractivity contribution in [1.82, 2.24) is 4.98 Å². The predicted octanol–water partition coefficient (Wildman–Crippen LogP) is 5.43. The lowest BCUT2D eigenvalue weighted by Crippen LogP contribution is -2.57. The van der Waals surface area contributed by atoms with Crippen LogP contribution in [0, 0.1) is 34.5 Å². The third-order valence-corrected chi connectivity index (χ3v) is 9.16. The molecule has 1 aromatic heterocycles. The molecule has 0 bridgehead atoms. The third kappa shape index (κ3) is 2.50. The summed E-state index contributed by atoms with van der Waals surface area (Å²) in [5, 5.41) is 10.1. The van der Waals surface area contributed by atoms with Crippen LogP contribution in [-0.2, 0) is 0 Å². The Hall–Kier alpha value is -1.22. The lowest BCUT2D eigenvalue weighted by Gasteiger charge is -2.61. The van der Waals surface area contributed by atoms with Crippen molar-refractivity contribution in [2.24, 2.45) is 34.5 Å². The molecule has 0 spiro atoms. The quantitative estimate of drug-likeness (QED) is 0.716. The molecule has 2 nitrogen and oxygen atoms in total. The molecule has 1 aromatic rings. The topological polar surface area (TPSA) is 33.1 Å². The van der Waals surface area contributed by atoms with Gasteiger partial charge in [0.15, 0.2) is 0 Å². The summed E-state index contributed by atoms with van der Waals surface area (Å²) in [7, 11) is 0. The van der Waals surface area contributed by atoms with Crippen molar-refractivity contribution in [2.45, 2.75) is 71.1 Å². The zero-order valence-corrected chi connectivity index (χ0v) is 16.6. The van der Waals surface area contributed by atoms with Crippen LogP contribution >= 0.6 is 0 Å². The van der Waals surface area contributed by atoms with Gasteiger partial charge in [0.1, 0.15) is 6.17 Å². The van der Waals surface area contributed by atoms with Crippen LogP contribution < -0.4 is 0 Å². The first-order chi connectivity index (χ1) is 12.9. The molecule has 0 radical (unpaired) electrons. The van der Waals surface area contributed by atoms with Gasteiger partial charge >= 0.3 is 0 Å². The number of hydrogen-bond donors (Lipinski definition) is 1. The molecule has 3 heteroatoms. The Morgan fingerprint density at radius 1 is 1.11 bits per heavy atom. The second-order valence-corrected chi connectivity index (χ2v) is 10.2. The standard InChI is InChI=1S/C24H32FNO/c1-23-10-8-20-17(13-22(25)21-12-16(27)7-9-24(20,21)2)19(23)6-5-18(23)15-4-3-11-26-14-15/h3-5,11,14,16-17,19-22,27H,6-10,12-13H2,1-2H3. The monoisotopic (exact) mass is 369 g/mol. The summed E-state index contributed by atoms with van der Waals surface area (Å²) in [5.41, 5.74) is 2.92. The van der Waals surface area contributed by atoms with Crippen LogP contribution in [0.15, 0.2) is 30.6 Å². The molecule has 1 heterocycles. The lowest BCUT2D eigenvalue weighted by molar-refractivity contribution is -0.145. The zero-order chi connectivity index (χ0) is 18.8. The van der Waals surface area contributed by atoms with E-state index in [2.05, 4.69) is 31.0 Å². The fourth-order valence-electron chi connectivity index (χ4n) is 7.76. The fourth-order valence-corrected chi connectivity index (χ4v) is 7.76. The first kappa shape index (κ1) is 17.8. The van der Waals surface area contributed by atoms with Gasteiger partial charge in [0.2, 0.25) is 0 Å². The average Bonchev–Trinajstić information content (AvgIpc) is 3.01. The number of aliphatic hydroxyl groups is 1. The van der Waals surface area contributed by atoms with E-state index in [0.717, 1.165) is 19.3 Å². The Bertz CT molecular complexity index is 748. The molecule has 3 saturated carbocycles. The normalized spacial score (nSPS) is 49.0. The van der Waals surface area contributed by atoms with Crippen molar-refractivity contribution in [3.63, 3.8) is 0 Å². The number of allylic oxidation sites excluding steroid dienone is 2. The summed E-state index contributed by atoms with van der Waals surface area (Å²) in [4.78, 5) is 4.34. The molecule has 4 aliphatic carbocycles. The van der Waals surface area contributed by atoms with Gasteiger partial charge in [0.05, 0.1) is 6.10 Å². The van der Waals surface area contributed by atoms with Crippen LogP contribution in [0.1, 0.15) is 64.4 Å². The highest BCUT2D eigenvalue weighted by Crippen LogP contribution is 2.67. The van der Waals surface area contributed by atoms with E-state index in [0.29, 0.717) is 30.6 Å². The molecule has 0 amide bonds. The van der Waals surface area contributed by atoms with Gasteiger partial charge in [-0.2, -0.15) is 0 Å². The maximum Gasteiger partial charge on any atom is 0.104 e. The highest BCUT2D eigenvalue weighted by Gasteiger charge is 2.61. The Morgan fingerprint density at radius 2 is 1.96 bits per heavy atom. The second kappa shape index (κ2) is 6.14. The van der Waals surface area contributed by atoms with Gasteiger partial charge in [-0.1, -0.05) is 26.0 Å².